The van der Waals surface area contributed by atoms with Crippen LogP contribution in [0.1, 0.15) is 0 Å². The second-order valence-electron chi connectivity index (χ2n) is 5.47. The van der Waals surface area contributed by atoms with Crippen LogP contribution >= 0.6 is 22.9 Å². The lowest BCUT2D eigenvalue weighted by Gasteiger charge is -2.10. The molecule has 0 atom stereocenters. The van der Waals surface area contributed by atoms with Crippen LogP contribution in [0.5, 0.6) is 0 Å². The van der Waals surface area contributed by atoms with E-state index in [2.05, 4.69) is 14.7 Å². The SMILES string of the molecule is O=S(=O)(Nc1nccs1)c1ccc2c(-c3ccccc3Cl)nccc2c1. The maximum atomic E-state index is 12.6. The molecule has 4 rings (SSSR count). The summed E-state index contributed by atoms with van der Waals surface area (Å²) in [5.74, 6) is 0. The topological polar surface area (TPSA) is 72.0 Å². The van der Waals surface area contributed by atoms with Crippen LogP contribution in [0.4, 0.5) is 5.13 Å². The molecule has 0 aliphatic rings. The lowest BCUT2D eigenvalue weighted by molar-refractivity contribution is 0.601. The maximum Gasteiger partial charge on any atom is 0.263 e. The number of benzene rings is 2. The third-order valence-corrected chi connectivity index (χ3v) is 6.31. The van der Waals surface area contributed by atoms with E-state index in [0.29, 0.717) is 15.8 Å². The van der Waals surface area contributed by atoms with Gasteiger partial charge in [0.1, 0.15) is 0 Å². The molecule has 0 amide bonds. The first kappa shape index (κ1) is 17.0. The monoisotopic (exact) mass is 401 g/mol. The molecule has 2 aromatic carbocycles. The summed E-state index contributed by atoms with van der Waals surface area (Å²) in [6.07, 6.45) is 3.19. The van der Waals surface area contributed by atoms with Crippen molar-refractivity contribution in [2.45, 2.75) is 4.90 Å². The van der Waals surface area contributed by atoms with Crippen LogP contribution in [0.3, 0.4) is 0 Å². The highest BCUT2D eigenvalue weighted by atomic mass is 35.5. The van der Waals surface area contributed by atoms with Gasteiger partial charge >= 0.3 is 0 Å². The first-order valence-electron chi connectivity index (χ1n) is 7.60. The minimum atomic E-state index is -3.71. The van der Waals surface area contributed by atoms with Gasteiger partial charge in [-0.1, -0.05) is 35.9 Å². The van der Waals surface area contributed by atoms with Crippen LogP contribution in [0.25, 0.3) is 22.0 Å². The Kier molecular flexibility index (Phi) is 4.36. The van der Waals surface area contributed by atoms with Gasteiger partial charge in [-0.2, -0.15) is 0 Å². The van der Waals surface area contributed by atoms with E-state index in [-0.39, 0.29) is 4.90 Å². The fraction of sp³-hybridized carbons (Fsp3) is 0. The Hall–Kier alpha value is -2.48. The van der Waals surface area contributed by atoms with Gasteiger partial charge < -0.3 is 0 Å². The smallest absolute Gasteiger partial charge is 0.256 e. The molecule has 130 valence electrons. The summed E-state index contributed by atoms with van der Waals surface area (Å²) in [5.41, 5.74) is 1.52. The Balaban J connectivity index is 1.81. The molecule has 5 nitrogen and oxygen atoms in total. The van der Waals surface area contributed by atoms with E-state index in [1.165, 1.54) is 11.3 Å². The van der Waals surface area contributed by atoms with Gasteiger partial charge in [0, 0.05) is 33.7 Å². The molecule has 26 heavy (non-hydrogen) atoms. The number of rotatable bonds is 4. The van der Waals surface area contributed by atoms with E-state index in [0.717, 1.165) is 16.3 Å². The molecular weight excluding hydrogens is 390 g/mol. The lowest BCUT2D eigenvalue weighted by atomic mass is 10.0. The molecule has 0 unspecified atom stereocenters. The Bertz CT molecular complexity index is 1190. The van der Waals surface area contributed by atoms with E-state index in [1.54, 1.807) is 48.1 Å². The normalized spacial score (nSPS) is 11.6. The molecule has 2 heterocycles. The minimum Gasteiger partial charge on any atom is -0.256 e. The van der Waals surface area contributed by atoms with Crippen molar-refractivity contribution >= 4 is 48.9 Å². The number of nitrogens with one attached hydrogen (secondary N) is 1. The van der Waals surface area contributed by atoms with Crippen molar-refractivity contribution in [1.82, 2.24) is 9.97 Å². The molecule has 0 saturated carbocycles. The van der Waals surface area contributed by atoms with Crippen LogP contribution in [0.15, 0.2) is 71.2 Å². The Morgan fingerprint density at radius 1 is 1.00 bits per heavy atom. The summed E-state index contributed by atoms with van der Waals surface area (Å²) in [5, 5.41) is 4.22. The van der Waals surface area contributed by atoms with Gasteiger partial charge in [-0.3, -0.25) is 9.71 Å². The summed E-state index contributed by atoms with van der Waals surface area (Å²) >= 11 is 7.51. The number of hydrogen-bond donors (Lipinski definition) is 1. The molecule has 0 saturated heterocycles. The molecule has 0 radical (unpaired) electrons. The first-order valence-corrected chi connectivity index (χ1v) is 10.3. The van der Waals surface area contributed by atoms with Crippen molar-refractivity contribution in [3.05, 3.63) is 71.3 Å². The highest BCUT2D eigenvalue weighted by Crippen LogP contribution is 2.32. The summed E-state index contributed by atoms with van der Waals surface area (Å²) in [6.45, 7) is 0. The molecule has 4 aromatic rings. The van der Waals surface area contributed by atoms with Crippen molar-refractivity contribution in [2.75, 3.05) is 4.72 Å². The van der Waals surface area contributed by atoms with Crippen molar-refractivity contribution in [3.63, 3.8) is 0 Å². The van der Waals surface area contributed by atoms with Gasteiger partial charge in [0.05, 0.1) is 10.6 Å². The van der Waals surface area contributed by atoms with Crippen LogP contribution in [0.2, 0.25) is 5.02 Å². The standard InChI is InChI=1S/C18H12ClN3O2S2/c19-16-4-2-1-3-15(16)17-14-6-5-13(11-12(14)7-8-20-17)26(23,24)22-18-21-9-10-25-18/h1-11H,(H,21,22). The number of sulfonamides is 1. The number of hydrogen-bond acceptors (Lipinski definition) is 5. The van der Waals surface area contributed by atoms with Crippen LogP contribution in [-0.2, 0) is 10.0 Å². The second kappa shape index (κ2) is 6.68. The molecule has 0 fully saturated rings. The third kappa shape index (κ3) is 3.16. The van der Waals surface area contributed by atoms with E-state index < -0.39 is 10.0 Å². The molecule has 0 bridgehead atoms. The van der Waals surface area contributed by atoms with Crippen LogP contribution < -0.4 is 4.72 Å². The number of halogens is 1. The van der Waals surface area contributed by atoms with E-state index in [1.807, 2.05) is 18.2 Å². The van der Waals surface area contributed by atoms with Crippen LogP contribution in [0, 0.1) is 0 Å². The fourth-order valence-electron chi connectivity index (χ4n) is 2.64. The van der Waals surface area contributed by atoms with Crippen molar-refractivity contribution in [1.29, 1.82) is 0 Å². The summed E-state index contributed by atoms with van der Waals surface area (Å²) in [7, 11) is -3.71. The number of pyridine rings is 1. The van der Waals surface area contributed by atoms with Gasteiger partial charge in [-0.15, -0.1) is 11.3 Å². The molecule has 0 aliphatic carbocycles. The van der Waals surface area contributed by atoms with Crippen molar-refractivity contribution < 1.29 is 8.42 Å². The third-order valence-electron chi connectivity index (χ3n) is 3.83. The van der Waals surface area contributed by atoms with Gasteiger partial charge in [-0.25, -0.2) is 13.4 Å². The average molecular weight is 402 g/mol. The number of anilines is 1. The Morgan fingerprint density at radius 3 is 2.62 bits per heavy atom. The lowest BCUT2D eigenvalue weighted by Crippen LogP contribution is -2.12. The molecule has 1 N–H and O–H groups in total. The number of thiazole rings is 1. The number of fused-ring (bicyclic) bond motifs is 1. The van der Waals surface area contributed by atoms with E-state index in [9.17, 15) is 8.42 Å². The predicted octanol–water partition coefficient (Wildman–Crippen LogP) is 4.81. The average Bonchev–Trinajstić information content (AvgIpc) is 3.13. The van der Waals surface area contributed by atoms with E-state index >= 15 is 0 Å². The van der Waals surface area contributed by atoms with Crippen molar-refractivity contribution in [3.8, 4) is 11.3 Å². The molecule has 8 heteroatoms. The first-order chi connectivity index (χ1) is 12.5. The van der Waals surface area contributed by atoms with Gasteiger partial charge in [0.15, 0.2) is 5.13 Å². The highest BCUT2D eigenvalue weighted by molar-refractivity contribution is 7.93. The zero-order chi connectivity index (χ0) is 18.1. The molecule has 0 aliphatic heterocycles. The largest absolute Gasteiger partial charge is 0.263 e. The molecular formula is C18H12ClN3O2S2. The molecule has 0 spiro atoms. The van der Waals surface area contributed by atoms with Gasteiger partial charge in [-0.05, 0) is 29.7 Å². The summed E-state index contributed by atoms with van der Waals surface area (Å²) in [6, 6.07) is 14.1. The van der Waals surface area contributed by atoms with Crippen molar-refractivity contribution in [2.24, 2.45) is 0 Å². The minimum absolute atomic E-state index is 0.163. The zero-order valence-corrected chi connectivity index (χ0v) is 15.6. The Morgan fingerprint density at radius 2 is 1.85 bits per heavy atom. The van der Waals surface area contributed by atoms with Gasteiger partial charge in [0.25, 0.3) is 10.0 Å². The Labute approximate surface area is 159 Å². The maximum absolute atomic E-state index is 12.6. The number of aromatic nitrogens is 2. The summed E-state index contributed by atoms with van der Waals surface area (Å²) < 4.78 is 27.6. The van der Waals surface area contributed by atoms with Gasteiger partial charge in [0.2, 0.25) is 0 Å². The zero-order valence-electron chi connectivity index (χ0n) is 13.3. The fourth-order valence-corrected chi connectivity index (χ4v) is 4.69. The summed E-state index contributed by atoms with van der Waals surface area (Å²) in [4.78, 5) is 8.55. The molecule has 2 aromatic heterocycles. The van der Waals surface area contributed by atoms with E-state index in [4.69, 9.17) is 11.6 Å². The predicted molar refractivity (Wildman–Crippen MR) is 105 cm³/mol. The second-order valence-corrected chi connectivity index (χ2v) is 8.45. The quantitative estimate of drug-likeness (QED) is 0.532. The highest BCUT2D eigenvalue weighted by Gasteiger charge is 2.17. The number of nitrogens with zero attached hydrogens (tertiary/aromatic N) is 2. The van der Waals surface area contributed by atoms with Crippen LogP contribution in [-0.4, -0.2) is 18.4 Å².